The normalized spacial score (nSPS) is 10.8. The van der Waals surface area contributed by atoms with Gasteiger partial charge in [0.15, 0.2) is 6.61 Å². The van der Waals surface area contributed by atoms with Crippen LogP contribution in [0.4, 0.5) is 0 Å². The molecule has 0 spiro atoms. The summed E-state index contributed by atoms with van der Waals surface area (Å²) in [5, 5.41) is 1.02. The summed E-state index contributed by atoms with van der Waals surface area (Å²) in [4.78, 5) is 28.7. The first-order valence-corrected chi connectivity index (χ1v) is 8.56. The maximum absolute atomic E-state index is 12.3. The number of ether oxygens (including phenoxy) is 3. The topological polar surface area (TPSA) is 74.7 Å². The molecule has 0 N–H and O–H groups in total. The fourth-order valence-electron chi connectivity index (χ4n) is 2.62. The number of carbonyl (C=O) groups excluding carboxylic acids is 2. The molecule has 0 saturated carbocycles. The minimum atomic E-state index is -0.629. The number of para-hydroxylation sites is 1. The predicted molar refractivity (Wildman–Crippen MR) is 106 cm³/mol. The maximum Gasteiger partial charge on any atom is 0.331 e. The number of nitrogens with zero attached hydrogens (tertiary/aromatic N) is 1. The van der Waals surface area contributed by atoms with E-state index in [0.717, 1.165) is 10.9 Å². The average Bonchev–Trinajstić information content (AvgIpc) is 2.75. The number of esters is 1. The van der Waals surface area contributed by atoms with Gasteiger partial charge < -0.3 is 14.2 Å². The fraction of sp³-hybridized carbons (Fsp3) is 0.136. The number of hydrogen-bond donors (Lipinski definition) is 0. The van der Waals surface area contributed by atoms with Crippen molar-refractivity contribution in [3.8, 4) is 11.5 Å². The average molecular weight is 377 g/mol. The first-order chi connectivity index (χ1) is 13.6. The number of ketones is 1. The Morgan fingerprint density at radius 3 is 2.61 bits per heavy atom. The van der Waals surface area contributed by atoms with E-state index >= 15 is 0 Å². The molecule has 3 rings (SSSR count). The van der Waals surface area contributed by atoms with Gasteiger partial charge in [-0.15, -0.1) is 0 Å². The molecule has 0 bridgehead atoms. The van der Waals surface area contributed by atoms with Crippen molar-refractivity contribution in [3.63, 3.8) is 0 Å². The molecule has 0 aliphatic rings. The van der Waals surface area contributed by atoms with Crippen LogP contribution in [0.3, 0.4) is 0 Å². The van der Waals surface area contributed by atoms with Crippen LogP contribution in [-0.2, 0) is 9.53 Å². The largest absolute Gasteiger partial charge is 0.497 e. The third-order valence-electron chi connectivity index (χ3n) is 4.06. The second-order valence-electron chi connectivity index (χ2n) is 5.86. The number of pyridine rings is 1. The minimum absolute atomic E-state index is 0.316. The summed E-state index contributed by atoms with van der Waals surface area (Å²) in [6.07, 6.45) is 2.79. The molecule has 6 heteroatoms. The molecule has 0 atom stereocenters. The Bertz CT molecular complexity index is 1040. The molecule has 0 amide bonds. The molecule has 6 nitrogen and oxygen atoms in total. The number of rotatable bonds is 7. The third kappa shape index (κ3) is 4.54. The zero-order chi connectivity index (χ0) is 19.9. The molecular weight excluding hydrogens is 358 g/mol. The highest BCUT2D eigenvalue weighted by molar-refractivity contribution is 6.01. The molecule has 1 heterocycles. The molecule has 0 fully saturated rings. The highest BCUT2D eigenvalue weighted by Crippen LogP contribution is 2.25. The van der Waals surface area contributed by atoms with Gasteiger partial charge >= 0.3 is 5.97 Å². The number of methoxy groups -OCH3 is 2. The van der Waals surface area contributed by atoms with Gasteiger partial charge in [0, 0.05) is 17.5 Å². The molecular formula is C22H19NO5. The smallest absolute Gasteiger partial charge is 0.331 e. The van der Waals surface area contributed by atoms with E-state index in [1.807, 2.05) is 30.3 Å². The maximum atomic E-state index is 12.3. The third-order valence-corrected chi connectivity index (χ3v) is 4.06. The molecule has 0 unspecified atom stereocenters. The van der Waals surface area contributed by atoms with E-state index in [1.165, 1.54) is 20.3 Å². The van der Waals surface area contributed by atoms with Gasteiger partial charge in [-0.3, -0.25) is 4.79 Å². The van der Waals surface area contributed by atoms with E-state index < -0.39 is 12.6 Å². The van der Waals surface area contributed by atoms with Gasteiger partial charge in [0.1, 0.15) is 11.5 Å². The van der Waals surface area contributed by atoms with E-state index in [9.17, 15) is 9.59 Å². The van der Waals surface area contributed by atoms with Crippen LogP contribution < -0.4 is 9.47 Å². The number of carbonyl (C=O) groups is 2. The first kappa shape index (κ1) is 19.1. The van der Waals surface area contributed by atoms with Crippen molar-refractivity contribution in [2.45, 2.75) is 0 Å². The van der Waals surface area contributed by atoms with E-state index in [0.29, 0.717) is 22.8 Å². The zero-order valence-corrected chi connectivity index (χ0v) is 15.5. The lowest BCUT2D eigenvalue weighted by atomic mass is 10.1. The number of hydrogen-bond acceptors (Lipinski definition) is 6. The lowest BCUT2D eigenvalue weighted by Gasteiger charge is -2.09. The summed E-state index contributed by atoms with van der Waals surface area (Å²) in [6.45, 7) is -0.392. The second-order valence-corrected chi connectivity index (χ2v) is 5.86. The number of fused-ring (bicyclic) bond motifs is 1. The van der Waals surface area contributed by atoms with Gasteiger partial charge in [-0.1, -0.05) is 24.3 Å². The Balaban J connectivity index is 1.61. The van der Waals surface area contributed by atoms with Crippen molar-refractivity contribution in [1.29, 1.82) is 0 Å². The Kier molecular flexibility index (Phi) is 6.01. The second kappa shape index (κ2) is 8.81. The predicted octanol–water partition coefficient (Wildman–Crippen LogP) is 3.69. The number of aromatic nitrogens is 1. The molecule has 2 aromatic carbocycles. The van der Waals surface area contributed by atoms with Crippen LogP contribution in [0.1, 0.15) is 16.1 Å². The van der Waals surface area contributed by atoms with Crippen molar-refractivity contribution in [1.82, 2.24) is 4.98 Å². The minimum Gasteiger partial charge on any atom is -0.497 e. The monoisotopic (exact) mass is 377 g/mol. The van der Waals surface area contributed by atoms with Crippen LogP contribution in [0.5, 0.6) is 11.5 Å². The Morgan fingerprint density at radius 1 is 1.00 bits per heavy atom. The summed E-state index contributed by atoms with van der Waals surface area (Å²) >= 11 is 0. The number of Topliss-reactive ketones (excluding diaryl/α,β-unsaturated/α-hetero) is 1. The fourth-order valence-corrected chi connectivity index (χ4v) is 2.62. The summed E-state index contributed by atoms with van der Waals surface area (Å²) in [7, 11) is 2.98. The van der Waals surface area contributed by atoms with Crippen LogP contribution in [-0.4, -0.2) is 37.6 Å². The Morgan fingerprint density at radius 2 is 1.82 bits per heavy atom. The lowest BCUT2D eigenvalue weighted by Crippen LogP contribution is -2.13. The highest BCUT2D eigenvalue weighted by atomic mass is 16.5. The van der Waals surface area contributed by atoms with E-state index in [4.69, 9.17) is 14.2 Å². The van der Waals surface area contributed by atoms with Crippen molar-refractivity contribution in [2.75, 3.05) is 20.8 Å². The highest BCUT2D eigenvalue weighted by Gasteiger charge is 2.15. The summed E-state index contributed by atoms with van der Waals surface area (Å²) in [6, 6.07) is 16.2. The van der Waals surface area contributed by atoms with E-state index in [-0.39, 0.29) is 5.78 Å². The first-order valence-electron chi connectivity index (χ1n) is 8.56. The van der Waals surface area contributed by atoms with Gasteiger partial charge in [-0.25, -0.2) is 9.78 Å². The molecule has 3 aromatic rings. The summed E-state index contributed by atoms with van der Waals surface area (Å²) in [5.41, 5.74) is 1.77. The zero-order valence-electron chi connectivity index (χ0n) is 15.5. The summed E-state index contributed by atoms with van der Waals surface area (Å²) in [5.74, 6) is -0.0756. The van der Waals surface area contributed by atoms with Crippen molar-refractivity contribution < 1.29 is 23.8 Å². The number of benzene rings is 2. The van der Waals surface area contributed by atoms with Crippen LogP contribution in [0.15, 0.2) is 60.7 Å². The van der Waals surface area contributed by atoms with Crippen LogP contribution in [0.25, 0.3) is 17.0 Å². The molecule has 0 aliphatic carbocycles. The Hall–Kier alpha value is -3.67. The molecule has 142 valence electrons. The van der Waals surface area contributed by atoms with Crippen molar-refractivity contribution >= 4 is 28.7 Å². The van der Waals surface area contributed by atoms with E-state index in [1.54, 1.807) is 30.3 Å². The van der Waals surface area contributed by atoms with Crippen molar-refractivity contribution in [2.24, 2.45) is 0 Å². The quantitative estimate of drug-likeness (QED) is 0.355. The van der Waals surface area contributed by atoms with Crippen LogP contribution in [0, 0.1) is 0 Å². The lowest BCUT2D eigenvalue weighted by molar-refractivity contribution is -0.136. The van der Waals surface area contributed by atoms with Gasteiger partial charge in [0.05, 0.1) is 31.0 Å². The Labute approximate surface area is 162 Å². The van der Waals surface area contributed by atoms with Crippen LogP contribution in [0.2, 0.25) is 0 Å². The molecule has 0 aliphatic heterocycles. The van der Waals surface area contributed by atoms with E-state index in [2.05, 4.69) is 4.98 Å². The van der Waals surface area contributed by atoms with Gasteiger partial charge in [0.25, 0.3) is 0 Å². The molecule has 0 saturated heterocycles. The molecule has 0 radical (unpaired) electrons. The molecule has 1 aromatic heterocycles. The van der Waals surface area contributed by atoms with Gasteiger partial charge in [-0.05, 0) is 30.3 Å². The SMILES string of the molecule is COc1ccc(C(=O)COC(=O)/C=C/c2ccc3ccccc3n2)c(OC)c1. The summed E-state index contributed by atoms with van der Waals surface area (Å²) < 4.78 is 15.3. The van der Waals surface area contributed by atoms with Gasteiger partial charge in [-0.2, -0.15) is 0 Å². The van der Waals surface area contributed by atoms with Crippen molar-refractivity contribution in [3.05, 3.63) is 71.9 Å². The van der Waals surface area contributed by atoms with Gasteiger partial charge in [0.2, 0.25) is 5.78 Å². The van der Waals surface area contributed by atoms with Crippen LogP contribution >= 0.6 is 0 Å². The molecule has 28 heavy (non-hydrogen) atoms. The standard InChI is InChI=1S/C22H19NO5/c1-26-17-10-11-18(21(13-17)27-2)20(24)14-28-22(25)12-9-16-8-7-15-5-3-4-6-19(15)23-16/h3-13H,14H2,1-2H3/b12-9+.